The van der Waals surface area contributed by atoms with E-state index in [1.54, 1.807) is 6.20 Å². The molecule has 0 bridgehead atoms. The summed E-state index contributed by atoms with van der Waals surface area (Å²) in [6, 6.07) is 18.2. The SMILES string of the molecule is Cc1ccc(-n2nc(C(C)(C)C)cc2-c2ccc3ccc4nc(C(=O)NCCO)cn4c3n2)cc1. The smallest absolute Gasteiger partial charge is 0.271 e. The lowest BCUT2D eigenvalue weighted by molar-refractivity contribution is 0.0940. The molecule has 0 saturated heterocycles. The van der Waals surface area contributed by atoms with E-state index in [4.69, 9.17) is 15.2 Å². The number of carbonyl (C=O) groups is 1. The van der Waals surface area contributed by atoms with E-state index < -0.39 is 0 Å². The predicted octanol–water partition coefficient (Wildman–Crippen LogP) is 4.06. The van der Waals surface area contributed by atoms with Gasteiger partial charge in [-0.2, -0.15) is 5.10 Å². The Morgan fingerprint density at radius 3 is 2.49 bits per heavy atom. The maximum atomic E-state index is 12.4. The van der Waals surface area contributed by atoms with Crippen LogP contribution < -0.4 is 5.32 Å². The number of rotatable bonds is 5. The fraction of sp³-hybridized carbons (Fsp3) is 0.259. The highest BCUT2D eigenvalue weighted by Crippen LogP contribution is 2.30. The number of aliphatic hydroxyl groups is 1. The van der Waals surface area contributed by atoms with Crippen molar-refractivity contribution in [3.05, 3.63) is 77.7 Å². The molecular weight excluding hydrogens is 440 g/mol. The van der Waals surface area contributed by atoms with Crippen molar-refractivity contribution in [2.45, 2.75) is 33.1 Å². The normalized spacial score (nSPS) is 11.9. The summed E-state index contributed by atoms with van der Waals surface area (Å²) in [7, 11) is 0. The number of imidazole rings is 1. The van der Waals surface area contributed by atoms with Gasteiger partial charge in [-0.05, 0) is 49.4 Å². The van der Waals surface area contributed by atoms with Gasteiger partial charge in [0.15, 0.2) is 0 Å². The van der Waals surface area contributed by atoms with Gasteiger partial charge in [-0.1, -0.05) is 38.5 Å². The first-order valence-corrected chi connectivity index (χ1v) is 11.6. The number of benzene rings is 1. The Morgan fingerprint density at radius 1 is 1.03 bits per heavy atom. The van der Waals surface area contributed by atoms with Crippen molar-refractivity contribution in [2.24, 2.45) is 0 Å². The molecule has 4 aromatic heterocycles. The largest absolute Gasteiger partial charge is 0.395 e. The molecule has 0 saturated carbocycles. The number of hydrogen-bond acceptors (Lipinski definition) is 5. The van der Waals surface area contributed by atoms with Crippen molar-refractivity contribution in [1.29, 1.82) is 0 Å². The summed E-state index contributed by atoms with van der Waals surface area (Å²) in [5.41, 5.74) is 6.25. The van der Waals surface area contributed by atoms with Crippen molar-refractivity contribution < 1.29 is 9.90 Å². The van der Waals surface area contributed by atoms with Gasteiger partial charge in [0, 0.05) is 23.5 Å². The van der Waals surface area contributed by atoms with Crippen LogP contribution in [0.25, 0.3) is 33.8 Å². The maximum Gasteiger partial charge on any atom is 0.271 e. The number of aliphatic hydroxyl groups excluding tert-OH is 1. The minimum absolute atomic E-state index is 0.127. The second kappa shape index (κ2) is 8.63. The molecule has 178 valence electrons. The van der Waals surface area contributed by atoms with Gasteiger partial charge in [0.25, 0.3) is 5.91 Å². The molecule has 0 fully saturated rings. The van der Waals surface area contributed by atoms with E-state index in [0.717, 1.165) is 28.2 Å². The maximum absolute atomic E-state index is 12.4. The highest BCUT2D eigenvalue weighted by molar-refractivity contribution is 5.93. The van der Waals surface area contributed by atoms with Crippen LogP contribution in [0.2, 0.25) is 0 Å². The Kier molecular flexibility index (Phi) is 5.61. The first-order chi connectivity index (χ1) is 16.7. The summed E-state index contributed by atoms with van der Waals surface area (Å²) in [6.07, 6.45) is 1.68. The topological polar surface area (TPSA) is 97.3 Å². The second-order valence-corrected chi connectivity index (χ2v) is 9.69. The summed E-state index contributed by atoms with van der Waals surface area (Å²) in [6.45, 7) is 8.54. The lowest BCUT2D eigenvalue weighted by atomic mass is 9.92. The molecular formula is C27H28N6O2. The van der Waals surface area contributed by atoms with Crippen molar-refractivity contribution in [3.8, 4) is 17.1 Å². The number of aromatic nitrogens is 5. The molecule has 5 rings (SSSR count). The van der Waals surface area contributed by atoms with E-state index in [1.165, 1.54) is 5.56 Å². The quantitative estimate of drug-likeness (QED) is 0.405. The number of aryl methyl sites for hydroxylation is 1. The zero-order valence-electron chi connectivity index (χ0n) is 20.3. The zero-order chi connectivity index (χ0) is 24.7. The Hall–Kier alpha value is -4.04. The van der Waals surface area contributed by atoms with Crippen LogP contribution in [-0.4, -0.2) is 48.3 Å². The molecule has 1 aromatic carbocycles. The van der Waals surface area contributed by atoms with Gasteiger partial charge in [-0.3, -0.25) is 9.20 Å². The number of fused-ring (bicyclic) bond motifs is 3. The molecule has 0 aliphatic carbocycles. The number of carbonyl (C=O) groups excluding carboxylic acids is 1. The van der Waals surface area contributed by atoms with Crippen molar-refractivity contribution in [2.75, 3.05) is 13.2 Å². The Morgan fingerprint density at radius 2 is 1.77 bits per heavy atom. The van der Waals surface area contributed by atoms with E-state index in [1.807, 2.05) is 33.3 Å². The molecule has 35 heavy (non-hydrogen) atoms. The third-order valence-corrected chi connectivity index (χ3v) is 5.93. The van der Waals surface area contributed by atoms with E-state index in [2.05, 4.69) is 68.3 Å². The summed E-state index contributed by atoms with van der Waals surface area (Å²) < 4.78 is 3.76. The zero-order valence-corrected chi connectivity index (χ0v) is 20.3. The summed E-state index contributed by atoms with van der Waals surface area (Å²) >= 11 is 0. The van der Waals surface area contributed by atoms with Crippen molar-refractivity contribution in [3.63, 3.8) is 0 Å². The minimum Gasteiger partial charge on any atom is -0.395 e. The van der Waals surface area contributed by atoms with Crippen LogP contribution in [0.5, 0.6) is 0 Å². The molecule has 0 spiro atoms. The Bertz CT molecular complexity index is 1540. The summed E-state index contributed by atoms with van der Waals surface area (Å²) in [5.74, 6) is -0.334. The Labute approximate surface area is 203 Å². The van der Waals surface area contributed by atoms with Crippen LogP contribution in [-0.2, 0) is 5.41 Å². The summed E-state index contributed by atoms with van der Waals surface area (Å²) in [5, 5.41) is 17.5. The lowest BCUT2D eigenvalue weighted by Gasteiger charge is -2.14. The first-order valence-electron chi connectivity index (χ1n) is 11.6. The molecule has 0 unspecified atom stereocenters. The molecule has 0 atom stereocenters. The van der Waals surface area contributed by atoms with Crippen LogP contribution in [0.1, 0.15) is 42.5 Å². The van der Waals surface area contributed by atoms with Gasteiger partial charge in [0.05, 0.1) is 29.4 Å². The van der Waals surface area contributed by atoms with Gasteiger partial charge in [0.1, 0.15) is 17.0 Å². The molecule has 2 N–H and O–H groups in total. The van der Waals surface area contributed by atoms with Gasteiger partial charge in [-0.15, -0.1) is 0 Å². The second-order valence-electron chi connectivity index (χ2n) is 9.69. The fourth-order valence-corrected chi connectivity index (χ4v) is 3.95. The molecule has 1 amide bonds. The van der Waals surface area contributed by atoms with Gasteiger partial charge in [-0.25, -0.2) is 14.6 Å². The van der Waals surface area contributed by atoms with Crippen LogP contribution >= 0.6 is 0 Å². The van der Waals surface area contributed by atoms with Gasteiger partial charge in [0.2, 0.25) is 0 Å². The third kappa shape index (κ3) is 4.28. The number of pyridine rings is 2. The molecule has 8 heteroatoms. The van der Waals surface area contributed by atoms with Crippen LogP contribution in [0.3, 0.4) is 0 Å². The van der Waals surface area contributed by atoms with Crippen molar-refractivity contribution in [1.82, 2.24) is 29.5 Å². The number of nitrogens with one attached hydrogen (secondary N) is 1. The molecule has 4 heterocycles. The van der Waals surface area contributed by atoms with E-state index >= 15 is 0 Å². The van der Waals surface area contributed by atoms with Crippen LogP contribution in [0, 0.1) is 6.92 Å². The summed E-state index contributed by atoms with van der Waals surface area (Å²) in [4.78, 5) is 21.8. The average molecular weight is 469 g/mol. The third-order valence-electron chi connectivity index (χ3n) is 5.93. The van der Waals surface area contributed by atoms with E-state index in [0.29, 0.717) is 11.3 Å². The highest BCUT2D eigenvalue weighted by atomic mass is 16.3. The van der Waals surface area contributed by atoms with E-state index in [-0.39, 0.29) is 30.2 Å². The predicted molar refractivity (Wildman–Crippen MR) is 136 cm³/mol. The number of hydrogen-bond donors (Lipinski definition) is 2. The highest BCUT2D eigenvalue weighted by Gasteiger charge is 2.22. The number of nitrogens with zero attached hydrogens (tertiary/aromatic N) is 5. The Balaban J connectivity index is 1.67. The first kappa shape index (κ1) is 22.7. The van der Waals surface area contributed by atoms with Gasteiger partial charge < -0.3 is 10.4 Å². The lowest BCUT2D eigenvalue weighted by Crippen LogP contribution is -2.26. The molecule has 0 aliphatic heterocycles. The van der Waals surface area contributed by atoms with Gasteiger partial charge >= 0.3 is 0 Å². The molecule has 0 aliphatic rings. The standard InChI is InChI=1S/C27H28N6O2/c1-17-5-9-19(10-6-17)33-22(15-23(31-33)27(2,3)4)20-11-7-18-8-12-24-29-21(26(35)28-13-14-34)16-32(24)25(18)30-20/h5-12,15-16,34H,13-14H2,1-4H3,(H,28,35). The fourth-order valence-electron chi connectivity index (χ4n) is 3.95. The molecule has 8 nitrogen and oxygen atoms in total. The van der Waals surface area contributed by atoms with Crippen LogP contribution in [0.15, 0.2) is 60.8 Å². The number of amides is 1. The van der Waals surface area contributed by atoms with Crippen LogP contribution in [0.4, 0.5) is 0 Å². The van der Waals surface area contributed by atoms with Crippen molar-refractivity contribution >= 4 is 22.6 Å². The average Bonchev–Trinajstić information content (AvgIpc) is 3.48. The molecule has 5 aromatic rings. The minimum atomic E-state index is -0.334. The van der Waals surface area contributed by atoms with E-state index in [9.17, 15) is 4.79 Å². The monoisotopic (exact) mass is 468 g/mol. The molecule has 0 radical (unpaired) electrons.